The fourth-order valence-electron chi connectivity index (χ4n) is 2.36. The Labute approximate surface area is 92.8 Å². The van der Waals surface area contributed by atoms with Crippen molar-refractivity contribution < 1.29 is 9.53 Å². The van der Waals surface area contributed by atoms with Gasteiger partial charge in [0.2, 0.25) is 0 Å². The van der Waals surface area contributed by atoms with E-state index < -0.39 is 0 Å². The first-order chi connectivity index (χ1) is 6.97. The van der Waals surface area contributed by atoms with E-state index >= 15 is 0 Å². The zero-order chi connectivity index (χ0) is 11.6. The molecule has 0 aliphatic carbocycles. The molecule has 0 saturated carbocycles. The molecule has 0 aromatic heterocycles. The summed E-state index contributed by atoms with van der Waals surface area (Å²) >= 11 is 0. The number of ether oxygens (including phenoxy) is 1. The lowest BCUT2D eigenvalue weighted by Crippen LogP contribution is -2.29. The summed E-state index contributed by atoms with van der Waals surface area (Å²) in [7, 11) is 1.48. The average Bonchev–Trinajstić information content (AvgIpc) is 2.61. The van der Waals surface area contributed by atoms with Crippen LogP contribution < -0.4 is 0 Å². The Morgan fingerprint density at radius 2 is 1.87 bits per heavy atom. The van der Waals surface area contributed by atoms with E-state index in [0.717, 1.165) is 13.1 Å². The number of carbonyl (C=O) groups excluding carboxylic acids is 1. The fourth-order valence-corrected chi connectivity index (χ4v) is 2.36. The summed E-state index contributed by atoms with van der Waals surface area (Å²) in [5.74, 6) is 1.01. The molecule has 0 spiro atoms. The highest BCUT2D eigenvalue weighted by Crippen LogP contribution is 2.31. The molecule has 1 rings (SSSR count). The van der Waals surface area contributed by atoms with Gasteiger partial charge in [-0.15, -0.1) is 0 Å². The highest BCUT2D eigenvalue weighted by Gasteiger charge is 2.40. The Morgan fingerprint density at radius 1 is 1.27 bits per heavy atom. The summed E-state index contributed by atoms with van der Waals surface area (Å²) in [5.41, 5.74) is 0. The lowest BCUT2D eigenvalue weighted by atomic mass is 9.86. The summed E-state index contributed by atoms with van der Waals surface area (Å²) in [5, 5.41) is 0. The molecule has 1 fully saturated rings. The second-order valence-corrected chi connectivity index (χ2v) is 5.09. The smallest absolute Gasteiger partial charge is 0.310 e. The number of carbonyl (C=O) groups is 1. The predicted octanol–water partition coefficient (Wildman–Crippen LogP) is 1.77. The number of hydrogen-bond acceptors (Lipinski definition) is 3. The van der Waals surface area contributed by atoms with Gasteiger partial charge in [-0.2, -0.15) is 0 Å². The van der Waals surface area contributed by atoms with E-state index in [1.165, 1.54) is 7.11 Å². The fraction of sp³-hybridized carbons (Fsp3) is 0.917. The van der Waals surface area contributed by atoms with Gasteiger partial charge >= 0.3 is 5.97 Å². The maximum atomic E-state index is 11.6. The molecular weight excluding hydrogens is 190 g/mol. The van der Waals surface area contributed by atoms with Gasteiger partial charge in [-0.1, -0.05) is 13.8 Å². The summed E-state index contributed by atoms with van der Waals surface area (Å²) in [6.45, 7) is 10.6. The van der Waals surface area contributed by atoms with Crippen molar-refractivity contribution in [1.82, 2.24) is 4.90 Å². The lowest BCUT2D eigenvalue weighted by Gasteiger charge is -2.21. The van der Waals surface area contributed by atoms with Crippen LogP contribution in [0.3, 0.4) is 0 Å². The third-order valence-corrected chi connectivity index (χ3v) is 3.48. The second kappa shape index (κ2) is 4.97. The van der Waals surface area contributed by atoms with Gasteiger partial charge in [0, 0.05) is 19.1 Å². The summed E-state index contributed by atoms with van der Waals surface area (Å²) in [6.07, 6.45) is 0. The molecule has 0 radical (unpaired) electrons. The molecule has 1 aliphatic rings. The van der Waals surface area contributed by atoms with E-state index in [0.29, 0.717) is 17.9 Å². The number of likely N-dealkylation sites (tertiary alicyclic amines) is 1. The molecule has 88 valence electrons. The first-order valence-corrected chi connectivity index (χ1v) is 5.79. The van der Waals surface area contributed by atoms with Crippen molar-refractivity contribution in [2.45, 2.75) is 33.7 Å². The third kappa shape index (κ3) is 2.71. The third-order valence-electron chi connectivity index (χ3n) is 3.48. The quantitative estimate of drug-likeness (QED) is 0.669. The Bertz CT molecular complexity index is 226. The Morgan fingerprint density at radius 3 is 2.27 bits per heavy atom. The van der Waals surface area contributed by atoms with Crippen molar-refractivity contribution in [1.29, 1.82) is 0 Å². The topological polar surface area (TPSA) is 29.5 Å². The van der Waals surface area contributed by atoms with Crippen LogP contribution in [0.15, 0.2) is 0 Å². The largest absolute Gasteiger partial charge is 0.469 e. The average molecular weight is 213 g/mol. The van der Waals surface area contributed by atoms with Crippen LogP contribution in [-0.2, 0) is 9.53 Å². The van der Waals surface area contributed by atoms with Gasteiger partial charge in [0.05, 0.1) is 13.0 Å². The zero-order valence-corrected chi connectivity index (χ0v) is 10.5. The van der Waals surface area contributed by atoms with Crippen LogP contribution in [0.25, 0.3) is 0 Å². The number of methoxy groups -OCH3 is 1. The summed E-state index contributed by atoms with van der Waals surface area (Å²) < 4.78 is 4.88. The summed E-state index contributed by atoms with van der Waals surface area (Å²) in [6, 6.07) is 0.515. The first-order valence-electron chi connectivity index (χ1n) is 5.79. The van der Waals surface area contributed by atoms with Crippen LogP contribution >= 0.6 is 0 Å². The second-order valence-electron chi connectivity index (χ2n) is 5.09. The van der Waals surface area contributed by atoms with Crippen LogP contribution in [0.5, 0.6) is 0 Å². The summed E-state index contributed by atoms with van der Waals surface area (Å²) in [4.78, 5) is 14.0. The van der Waals surface area contributed by atoms with Gasteiger partial charge in [-0.25, -0.2) is 0 Å². The Balaban J connectivity index is 2.72. The van der Waals surface area contributed by atoms with E-state index in [2.05, 4.69) is 32.6 Å². The molecule has 2 unspecified atom stereocenters. The van der Waals surface area contributed by atoms with Crippen LogP contribution in [0.4, 0.5) is 0 Å². The molecule has 0 N–H and O–H groups in total. The molecule has 1 aliphatic heterocycles. The van der Waals surface area contributed by atoms with Gasteiger partial charge < -0.3 is 4.74 Å². The molecular formula is C12H23NO2. The van der Waals surface area contributed by atoms with Gasteiger partial charge in [0.15, 0.2) is 0 Å². The van der Waals surface area contributed by atoms with Gasteiger partial charge in [-0.3, -0.25) is 9.69 Å². The van der Waals surface area contributed by atoms with E-state index in [1.54, 1.807) is 0 Å². The minimum Gasteiger partial charge on any atom is -0.469 e. The molecule has 3 nitrogen and oxygen atoms in total. The lowest BCUT2D eigenvalue weighted by molar-refractivity contribution is -0.146. The van der Waals surface area contributed by atoms with Crippen LogP contribution in [0.2, 0.25) is 0 Å². The highest BCUT2D eigenvalue weighted by atomic mass is 16.5. The monoisotopic (exact) mass is 213 g/mol. The maximum Gasteiger partial charge on any atom is 0.310 e. The SMILES string of the molecule is COC(=O)C1CN(C(C)C)CC1C(C)C. The molecule has 0 bridgehead atoms. The van der Waals surface area contributed by atoms with Crippen LogP contribution in [0.1, 0.15) is 27.7 Å². The highest BCUT2D eigenvalue weighted by molar-refractivity contribution is 5.73. The normalized spacial score (nSPS) is 27.7. The first kappa shape index (κ1) is 12.5. The van der Waals surface area contributed by atoms with E-state index in [9.17, 15) is 4.79 Å². The predicted molar refractivity (Wildman–Crippen MR) is 60.5 cm³/mol. The van der Waals surface area contributed by atoms with E-state index in [1.807, 2.05) is 0 Å². The van der Waals surface area contributed by atoms with Crippen molar-refractivity contribution in [3.63, 3.8) is 0 Å². The molecule has 0 aromatic carbocycles. The van der Waals surface area contributed by atoms with E-state index in [-0.39, 0.29) is 11.9 Å². The molecule has 0 amide bonds. The van der Waals surface area contributed by atoms with Crippen molar-refractivity contribution in [2.24, 2.45) is 17.8 Å². The number of hydrogen-bond donors (Lipinski definition) is 0. The van der Waals surface area contributed by atoms with Crippen molar-refractivity contribution in [3.05, 3.63) is 0 Å². The molecule has 1 heterocycles. The molecule has 3 heteroatoms. The van der Waals surface area contributed by atoms with Crippen molar-refractivity contribution in [2.75, 3.05) is 20.2 Å². The molecule has 15 heavy (non-hydrogen) atoms. The molecule has 2 atom stereocenters. The van der Waals surface area contributed by atoms with Gasteiger partial charge in [0.1, 0.15) is 0 Å². The molecule has 0 aromatic rings. The van der Waals surface area contributed by atoms with Gasteiger partial charge in [-0.05, 0) is 25.7 Å². The number of rotatable bonds is 3. The van der Waals surface area contributed by atoms with Gasteiger partial charge in [0.25, 0.3) is 0 Å². The van der Waals surface area contributed by atoms with E-state index in [4.69, 9.17) is 4.74 Å². The number of esters is 1. The number of nitrogens with zero attached hydrogens (tertiary/aromatic N) is 1. The Hall–Kier alpha value is -0.570. The van der Waals surface area contributed by atoms with Crippen molar-refractivity contribution in [3.8, 4) is 0 Å². The minimum atomic E-state index is -0.0446. The van der Waals surface area contributed by atoms with Crippen molar-refractivity contribution >= 4 is 5.97 Å². The maximum absolute atomic E-state index is 11.6. The van der Waals surface area contributed by atoms with Crippen LogP contribution in [0, 0.1) is 17.8 Å². The van der Waals surface area contributed by atoms with Crippen LogP contribution in [-0.4, -0.2) is 37.1 Å². The minimum absolute atomic E-state index is 0.0446. The zero-order valence-electron chi connectivity index (χ0n) is 10.5. The molecule has 1 saturated heterocycles. The standard InChI is InChI=1S/C12H23NO2/c1-8(2)10-6-13(9(3)4)7-11(10)12(14)15-5/h8-11H,6-7H2,1-5H3. The Kier molecular flexibility index (Phi) is 4.14.